The zero-order valence-corrected chi connectivity index (χ0v) is 8.78. The van der Waals surface area contributed by atoms with E-state index >= 15 is 0 Å². The fourth-order valence-electron chi connectivity index (χ4n) is 1.45. The fourth-order valence-corrected chi connectivity index (χ4v) is 1.45. The minimum atomic E-state index is -1.38. The van der Waals surface area contributed by atoms with Crippen molar-refractivity contribution >= 4 is 0 Å². The zero-order chi connectivity index (χ0) is 11.6. The Morgan fingerprint density at radius 1 is 1.13 bits per heavy atom. The lowest BCUT2D eigenvalue weighted by Crippen LogP contribution is -2.59. The summed E-state index contributed by atoms with van der Waals surface area (Å²) in [4.78, 5) is 0. The van der Waals surface area contributed by atoms with E-state index in [9.17, 15) is 15.3 Å². The SMILES string of the molecule is CC(C)O[C@H]1OC(CO)[C@@H](O)C(O)[C@H]1O. The first kappa shape index (κ1) is 12.8. The number of aliphatic hydroxyl groups is 4. The van der Waals surface area contributed by atoms with Crippen molar-refractivity contribution in [3.8, 4) is 0 Å². The number of hydrogen-bond donors (Lipinski definition) is 4. The average Bonchev–Trinajstić information content (AvgIpc) is 2.18. The summed E-state index contributed by atoms with van der Waals surface area (Å²) in [5.41, 5.74) is 0. The molecule has 90 valence electrons. The third-order valence-corrected chi connectivity index (χ3v) is 2.25. The summed E-state index contributed by atoms with van der Waals surface area (Å²) < 4.78 is 10.3. The molecule has 4 N–H and O–H groups in total. The molecule has 1 aliphatic heterocycles. The summed E-state index contributed by atoms with van der Waals surface area (Å²) in [6.07, 6.45) is -6.15. The molecule has 6 nitrogen and oxygen atoms in total. The maximum atomic E-state index is 9.53. The van der Waals surface area contributed by atoms with Gasteiger partial charge in [0.25, 0.3) is 0 Å². The van der Waals surface area contributed by atoms with E-state index in [4.69, 9.17) is 14.6 Å². The second kappa shape index (κ2) is 5.20. The highest BCUT2D eigenvalue weighted by molar-refractivity contribution is 4.88. The van der Waals surface area contributed by atoms with Crippen LogP contribution in [-0.4, -0.2) is 63.8 Å². The fraction of sp³-hybridized carbons (Fsp3) is 1.00. The van der Waals surface area contributed by atoms with Gasteiger partial charge in [0.15, 0.2) is 6.29 Å². The molecule has 15 heavy (non-hydrogen) atoms. The van der Waals surface area contributed by atoms with E-state index in [-0.39, 0.29) is 6.10 Å². The van der Waals surface area contributed by atoms with Crippen LogP contribution in [0.4, 0.5) is 0 Å². The molecule has 2 unspecified atom stereocenters. The molecule has 0 spiro atoms. The van der Waals surface area contributed by atoms with Crippen molar-refractivity contribution in [1.29, 1.82) is 0 Å². The van der Waals surface area contributed by atoms with Crippen molar-refractivity contribution in [2.45, 2.75) is 50.7 Å². The van der Waals surface area contributed by atoms with Crippen molar-refractivity contribution in [3.05, 3.63) is 0 Å². The van der Waals surface area contributed by atoms with Gasteiger partial charge in [0.2, 0.25) is 0 Å². The Morgan fingerprint density at radius 2 is 1.73 bits per heavy atom. The van der Waals surface area contributed by atoms with Gasteiger partial charge in [0.05, 0.1) is 12.7 Å². The molecule has 1 aliphatic rings. The average molecular weight is 222 g/mol. The molecule has 0 aromatic rings. The van der Waals surface area contributed by atoms with Crippen LogP contribution in [0.2, 0.25) is 0 Å². The molecule has 5 atom stereocenters. The Morgan fingerprint density at radius 3 is 2.20 bits per heavy atom. The predicted octanol–water partition coefficient (Wildman–Crippen LogP) is -1.79. The van der Waals surface area contributed by atoms with Gasteiger partial charge in [-0.3, -0.25) is 0 Å². The van der Waals surface area contributed by atoms with E-state index in [0.29, 0.717) is 0 Å². The highest BCUT2D eigenvalue weighted by Gasteiger charge is 2.44. The van der Waals surface area contributed by atoms with Crippen LogP contribution >= 0.6 is 0 Å². The largest absolute Gasteiger partial charge is 0.394 e. The third kappa shape index (κ3) is 2.87. The molecular formula is C9H18O6. The number of aliphatic hydroxyl groups excluding tert-OH is 4. The Balaban J connectivity index is 2.65. The number of ether oxygens (including phenoxy) is 2. The van der Waals surface area contributed by atoms with Crippen LogP contribution in [0.5, 0.6) is 0 Å². The second-order valence-corrected chi connectivity index (χ2v) is 3.88. The quantitative estimate of drug-likeness (QED) is 0.450. The summed E-state index contributed by atoms with van der Waals surface area (Å²) in [5, 5.41) is 37.3. The summed E-state index contributed by atoms with van der Waals surface area (Å²) in [5.74, 6) is 0. The predicted molar refractivity (Wildman–Crippen MR) is 50.0 cm³/mol. The molecule has 0 bridgehead atoms. The maximum absolute atomic E-state index is 9.53. The number of rotatable bonds is 3. The minimum Gasteiger partial charge on any atom is -0.394 e. The van der Waals surface area contributed by atoms with Crippen LogP contribution in [0.15, 0.2) is 0 Å². The van der Waals surface area contributed by atoms with Crippen LogP contribution in [0, 0.1) is 0 Å². The summed E-state index contributed by atoms with van der Waals surface area (Å²) in [6, 6.07) is 0. The smallest absolute Gasteiger partial charge is 0.186 e. The first-order chi connectivity index (χ1) is 6.97. The van der Waals surface area contributed by atoms with Crippen LogP contribution in [-0.2, 0) is 9.47 Å². The van der Waals surface area contributed by atoms with Gasteiger partial charge in [-0.25, -0.2) is 0 Å². The summed E-state index contributed by atoms with van der Waals surface area (Å²) >= 11 is 0. The van der Waals surface area contributed by atoms with Crippen LogP contribution in [0.1, 0.15) is 13.8 Å². The maximum Gasteiger partial charge on any atom is 0.186 e. The van der Waals surface area contributed by atoms with Crippen molar-refractivity contribution in [2.75, 3.05) is 6.61 Å². The van der Waals surface area contributed by atoms with Gasteiger partial charge in [0, 0.05) is 0 Å². The highest BCUT2D eigenvalue weighted by Crippen LogP contribution is 2.22. The third-order valence-electron chi connectivity index (χ3n) is 2.25. The molecule has 0 radical (unpaired) electrons. The van der Waals surface area contributed by atoms with Crippen molar-refractivity contribution in [3.63, 3.8) is 0 Å². The minimum absolute atomic E-state index is 0.188. The van der Waals surface area contributed by atoms with Gasteiger partial charge in [-0.05, 0) is 13.8 Å². The molecule has 0 amide bonds. The van der Waals surface area contributed by atoms with Gasteiger partial charge in [-0.2, -0.15) is 0 Å². The lowest BCUT2D eigenvalue weighted by atomic mass is 9.99. The Labute approximate surface area is 88.1 Å². The van der Waals surface area contributed by atoms with E-state index < -0.39 is 37.3 Å². The molecule has 1 rings (SSSR count). The summed E-state index contributed by atoms with van der Waals surface area (Å²) in [6.45, 7) is 3.06. The highest BCUT2D eigenvalue weighted by atomic mass is 16.7. The first-order valence-electron chi connectivity index (χ1n) is 4.93. The molecule has 0 aliphatic carbocycles. The zero-order valence-electron chi connectivity index (χ0n) is 8.78. The van der Waals surface area contributed by atoms with Gasteiger partial charge in [-0.15, -0.1) is 0 Å². The Hall–Kier alpha value is -0.240. The van der Waals surface area contributed by atoms with Crippen molar-refractivity contribution in [1.82, 2.24) is 0 Å². The Kier molecular flexibility index (Phi) is 4.45. The molecular weight excluding hydrogens is 204 g/mol. The molecule has 0 aromatic heterocycles. The topological polar surface area (TPSA) is 99.4 Å². The lowest BCUT2D eigenvalue weighted by molar-refractivity contribution is -0.308. The van der Waals surface area contributed by atoms with E-state index in [1.165, 1.54) is 0 Å². The van der Waals surface area contributed by atoms with E-state index in [1.54, 1.807) is 13.8 Å². The standard InChI is InChI=1S/C9H18O6/c1-4(2)14-9-8(13)7(12)6(11)5(3-10)15-9/h4-13H,3H2,1-2H3/t5?,6-,7?,8-,9+/m1/s1. The second-order valence-electron chi connectivity index (χ2n) is 3.88. The molecule has 1 fully saturated rings. The number of hydrogen-bond acceptors (Lipinski definition) is 6. The van der Waals surface area contributed by atoms with Gasteiger partial charge in [0.1, 0.15) is 24.4 Å². The van der Waals surface area contributed by atoms with Crippen molar-refractivity contribution < 1.29 is 29.9 Å². The van der Waals surface area contributed by atoms with Gasteiger partial charge in [-0.1, -0.05) is 0 Å². The molecule has 0 aromatic carbocycles. The van der Waals surface area contributed by atoms with E-state index in [1.807, 2.05) is 0 Å². The molecule has 1 heterocycles. The Bertz CT molecular complexity index is 195. The molecule has 6 heteroatoms. The van der Waals surface area contributed by atoms with Gasteiger partial charge < -0.3 is 29.9 Å². The van der Waals surface area contributed by atoms with Gasteiger partial charge >= 0.3 is 0 Å². The normalized spacial score (nSPS) is 42.2. The van der Waals surface area contributed by atoms with Crippen LogP contribution in [0.25, 0.3) is 0 Å². The monoisotopic (exact) mass is 222 g/mol. The van der Waals surface area contributed by atoms with Crippen molar-refractivity contribution in [2.24, 2.45) is 0 Å². The van der Waals surface area contributed by atoms with Crippen LogP contribution in [0.3, 0.4) is 0 Å². The van der Waals surface area contributed by atoms with E-state index in [2.05, 4.69) is 0 Å². The van der Waals surface area contributed by atoms with Crippen LogP contribution < -0.4 is 0 Å². The molecule has 1 saturated heterocycles. The first-order valence-corrected chi connectivity index (χ1v) is 4.93. The lowest BCUT2D eigenvalue weighted by Gasteiger charge is -2.40. The summed E-state index contributed by atoms with van der Waals surface area (Å²) in [7, 11) is 0. The molecule has 0 saturated carbocycles. The van der Waals surface area contributed by atoms with E-state index in [0.717, 1.165) is 0 Å².